The zero-order valence-corrected chi connectivity index (χ0v) is 24.0. The second kappa shape index (κ2) is 8.64. The summed E-state index contributed by atoms with van der Waals surface area (Å²) in [4.78, 5) is 12.0. The molecule has 4 nitrogen and oxygen atoms in total. The minimum Gasteiger partial charge on any atom is -0.509 e. The van der Waals surface area contributed by atoms with Gasteiger partial charge in [-0.15, -0.1) is 0 Å². The smallest absolute Gasteiger partial charge is 0.217 e. The molecular weight excluding hydrogens is 434 g/mol. The van der Waals surface area contributed by atoms with Crippen LogP contribution < -0.4 is 5.32 Å². The van der Waals surface area contributed by atoms with E-state index in [1.807, 2.05) is 13.0 Å². The van der Waals surface area contributed by atoms with Crippen LogP contribution in [-0.4, -0.2) is 27.8 Å². The van der Waals surface area contributed by atoms with Crippen molar-refractivity contribution in [1.82, 2.24) is 5.32 Å². The van der Waals surface area contributed by atoms with Gasteiger partial charge in [-0.2, -0.15) is 0 Å². The highest BCUT2D eigenvalue weighted by molar-refractivity contribution is 5.73. The number of fused-ring (bicyclic) bond motifs is 3. The summed E-state index contributed by atoms with van der Waals surface area (Å²) < 4.78 is 0. The molecule has 0 heterocycles. The molecule has 1 fully saturated rings. The van der Waals surface area contributed by atoms with E-state index in [-0.39, 0.29) is 38.9 Å². The lowest BCUT2D eigenvalue weighted by molar-refractivity contribution is -0.122. The van der Waals surface area contributed by atoms with Crippen LogP contribution in [0.25, 0.3) is 0 Å². The summed E-state index contributed by atoms with van der Waals surface area (Å²) >= 11 is 0. The van der Waals surface area contributed by atoms with Crippen LogP contribution in [0.2, 0.25) is 0 Å². The average molecular weight is 484 g/mol. The minimum atomic E-state index is -0.944. The number of allylic oxidation sites excluding steroid dienone is 6. The maximum Gasteiger partial charge on any atom is 0.217 e. The number of aliphatic hydroxyl groups is 2. The van der Waals surface area contributed by atoms with Crippen molar-refractivity contribution in [1.29, 1.82) is 0 Å². The molecule has 4 heteroatoms. The van der Waals surface area contributed by atoms with Crippen LogP contribution in [0.1, 0.15) is 102 Å². The molecule has 4 atom stereocenters. The first-order valence-corrected chi connectivity index (χ1v) is 13.4. The standard InChI is InChI=1S/C31H49NO3/c1-12-27(4,5)25(18-28(6,7)32-20(3)33)31(11)16-15-30(10)22-17-23(34)26(35)19(2)21(22)13-14-24(30)29(31,8)9/h13-14,17,23,25,34-35H,12,15-16,18H2,1-11H3,(H,32,33)/t23?,25-,30+,31+/m1/s1. The summed E-state index contributed by atoms with van der Waals surface area (Å²) in [5.41, 5.74) is 3.87. The van der Waals surface area contributed by atoms with Gasteiger partial charge in [-0.3, -0.25) is 4.79 Å². The number of rotatable bonds is 6. The minimum absolute atomic E-state index is 0.000197. The Morgan fingerprint density at radius 3 is 2.29 bits per heavy atom. The van der Waals surface area contributed by atoms with Crippen LogP contribution in [0.3, 0.4) is 0 Å². The Labute approximate surface area is 213 Å². The Morgan fingerprint density at radius 2 is 1.74 bits per heavy atom. The topological polar surface area (TPSA) is 69.6 Å². The molecule has 196 valence electrons. The quantitative estimate of drug-likeness (QED) is 0.375. The second-order valence-corrected chi connectivity index (χ2v) is 13.7. The molecule has 0 spiro atoms. The molecule has 3 aliphatic carbocycles. The van der Waals surface area contributed by atoms with Gasteiger partial charge in [0.25, 0.3) is 0 Å². The molecule has 0 saturated heterocycles. The zero-order chi connectivity index (χ0) is 26.8. The van der Waals surface area contributed by atoms with E-state index in [2.05, 4.69) is 79.8 Å². The van der Waals surface area contributed by atoms with Crippen molar-refractivity contribution in [3.8, 4) is 0 Å². The fourth-order valence-corrected chi connectivity index (χ4v) is 7.64. The first-order valence-electron chi connectivity index (χ1n) is 13.4. The predicted octanol–water partition coefficient (Wildman–Crippen LogP) is 7.18. The van der Waals surface area contributed by atoms with Crippen molar-refractivity contribution in [2.75, 3.05) is 0 Å². The van der Waals surface area contributed by atoms with Gasteiger partial charge >= 0.3 is 0 Å². The fourth-order valence-electron chi connectivity index (χ4n) is 7.64. The number of hydrogen-bond donors (Lipinski definition) is 3. The molecule has 0 radical (unpaired) electrons. The lowest BCUT2D eigenvalue weighted by Crippen LogP contribution is -2.57. The lowest BCUT2D eigenvalue weighted by Gasteiger charge is -2.64. The number of carbonyl (C=O) groups excluding carboxylic acids is 1. The van der Waals surface area contributed by atoms with Crippen LogP contribution in [0.4, 0.5) is 0 Å². The first kappa shape index (κ1) is 27.8. The predicted molar refractivity (Wildman–Crippen MR) is 145 cm³/mol. The molecule has 0 aliphatic heterocycles. The number of hydrogen-bond acceptors (Lipinski definition) is 3. The summed E-state index contributed by atoms with van der Waals surface area (Å²) in [5, 5.41) is 24.2. The first-order chi connectivity index (χ1) is 15.8. The van der Waals surface area contributed by atoms with Crippen LogP contribution in [0.5, 0.6) is 0 Å². The van der Waals surface area contributed by atoms with Gasteiger partial charge in [-0.05, 0) is 85.0 Å². The Bertz CT molecular complexity index is 1020. The maximum atomic E-state index is 12.0. The third kappa shape index (κ3) is 4.34. The van der Waals surface area contributed by atoms with E-state index in [9.17, 15) is 15.0 Å². The summed E-state index contributed by atoms with van der Waals surface area (Å²) in [7, 11) is 0. The van der Waals surface area contributed by atoms with E-state index in [1.54, 1.807) is 6.92 Å². The van der Waals surface area contributed by atoms with Crippen LogP contribution in [0.15, 0.2) is 46.3 Å². The molecular formula is C31H49NO3. The SMILES string of the molecule is CCC(C)(C)[C@@H](CC(C)(C)NC(C)=O)[C@]1(C)CC[C@@]2(C)C3=CC(O)C(O)=C(C)C3=CC=C2C1(C)C. The molecule has 0 bridgehead atoms. The Kier molecular flexibility index (Phi) is 6.86. The second-order valence-electron chi connectivity index (χ2n) is 13.7. The van der Waals surface area contributed by atoms with Gasteiger partial charge < -0.3 is 15.5 Å². The molecule has 3 N–H and O–H groups in total. The molecule has 3 rings (SSSR count). The monoisotopic (exact) mass is 483 g/mol. The van der Waals surface area contributed by atoms with Gasteiger partial charge in [0.05, 0.1) is 0 Å². The maximum absolute atomic E-state index is 12.0. The van der Waals surface area contributed by atoms with Crippen molar-refractivity contribution in [2.45, 2.75) is 113 Å². The molecule has 0 aromatic heterocycles. The summed E-state index contributed by atoms with van der Waals surface area (Å²) in [6.07, 6.45) is 9.39. The Balaban J connectivity index is 2.15. The summed E-state index contributed by atoms with van der Waals surface area (Å²) in [5.74, 6) is 0.459. The van der Waals surface area contributed by atoms with E-state index in [1.165, 1.54) is 5.57 Å². The number of aliphatic hydroxyl groups excluding tert-OH is 2. The van der Waals surface area contributed by atoms with E-state index >= 15 is 0 Å². The van der Waals surface area contributed by atoms with Crippen LogP contribution in [-0.2, 0) is 4.79 Å². The molecule has 0 aromatic carbocycles. The fraction of sp³-hybridized carbons (Fsp3) is 0.710. The van der Waals surface area contributed by atoms with Crippen LogP contribution in [0, 0.1) is 27.6 Å². The molecule has 0 aromatic rings. The normalized spacial score (nSPS) is 31.5. The Morgan fingerprint density at radius 1 is 1.14 bits per heavy atom. The lowest BCUT2D eigenvalue weighted by atomic mass is 9.40. The molecule has 1 unspecified atom stereocenters. The number of amides is 1. The zero-order valence-electron chi connectivity index (χ0n) is 24.0. The highest BCUT2D eigenvalue weighted by Crippen LogP contribution is 2.69. The van der Waals surface area contributed by atoms with Gasteiger partial charge in [0.1, 0.15) is 11.9 Å². The van der Waals surface area contributed by atoms with Crippen molar-refractivity contribution >= 4 is 5.91 Å². The van der Waals surface area contributed by atoms with E-state index in [0.29, 0.717) is 5.92 Å². The third-order valence-electron chi connectivity index (χ3n) is 10.4. The highest BCUT2D eigenvalue weighted by Gasteiger charge is 2.60. The van der Waals surface area contributed by atoms with E-state index < -0.39 is 6.10 Å². The van der Waals surface area contributed by atoms with Crippen LogP contribution >= 0.6 is 0 Å². The third-order valence-corrected chi connectivity index (χ3v) is 10.4. The largest absolute Gasteiger partial charge is 0.509 e. The van der Waals surface area contributed by atoms with Gasteiger partial charge in [0.15, 0.2) is 0 Å². The number of nitrogens with one attached hydrogen (secondary N) is 1. The highest BCUT2D eigenvalue weighted by atomic mass is 16.3. The molecule has 35 heavy (non-hydrogen) atoms. The van der Waals surface area contributed by atoms with E-state index in [4.69, 9.17) is 0 Å². The summed E-state index contributed by atoms with van der Waals surface area (Å²) in [6.45, 7) is 24.5. The molecule has 1 amide bonds. The average Bonchev–Trinajstić information content (AvgIpc) is 2.73. The van der Waals surface area contributed by atoms with Gasteiger partial charge in [0.2, 0.25) is 5.91 Å². The van der Waals surface area contributed by atoms with Crippen molar-refractivity contribution in [3.05, 3.63) is 46.3 Å². The Hall–Kier alpha value is -1.81. The van der Waals surface area contributed by atoms with Crippen molar-refractivity contribution in [2.24, 2.45) is 27.6 Å². The van der Waals surface area contributed by atoms with Gasteiger partial charge in [-0.1, -0.05) is 72.6 Å². The van der Waals surface area contributed by atoms with Crippen molar-refractivity contribution < 1.29 is 15.0 Å². The van der Waals surface area contributed by atoms with Crippen molar-refractivity contribution in [3.63, 3.8) is 0 Å². The van der Waals surface area contributed by atoms with E-state index in [0.717, 1.165) is 42.4 Å². The molecule has 3 aliphatic rings. The molecule has 1 saturated carbocycles. The number of carbonyl (C=O) groups is 1. The van der Waals surface area contributed by atoms with Gasteiger partial charge in [-0.25, -0.2) is 0 Å². The van der Waals surface area contributed by atoms with Gasteiger partial charge in [0, 0.05) is 17.9 Å². The summed E-state index contributed by atoms with van der Waals surface area (Å²) in [6, 6.07) is 0.